The molecule has 1 amide bonds. The van der Waals surface area contributed by atoms with Crippen molar-refractivity contribution in [3.63, 3.8) is 0 Å². The predicted molar refractivity (Wildman–Crippen MR) is 87.5 cm³/mol. The Hall–Kier alpha value is -2.49. The van der Waals surface area contributed by atoms with Crippen molar-refractivity contribution in [3.8, 4) is 11.5 Å². The van der Waals surface area contributed by atoms with E-state index in [-0.39, 0.29) is 12.3 Å². The summed E-state index contributed by atoms with van der Waals surface area (Å²) in [5, 5.41) is 2.85. The molecule has 0 fully saturated rings. The molecule has 0 heterocycles. The lowest BCUT2D eigenvalue weighted by Crippen LogP contribution is -2.15. The molecule has 0 aliphatic carbocycles. The van der Waals surface area contributed by atoms with Crippen LogP contribution in [0.25, 0.3) is 0 Å². The number of carbonyl (C=O) groups is 1. The van der Waals surface area contributed by atoms with Crippen LogP contribution in [0.2, 0.25) is 0 Å². The molecule has 0 aliphatic heterocycles. The van der Waals surface area contributed by atoms with E-state index >= 15 is 0 Å². The van der Waals surface area contributed by atoms with Gasteiger partial charge in [-0.15, -0.1) is 0 Å². The molecule has 0 saturated heterocycles. The number of ether oxygens (including phenoxy) is 2. The summed E-state index contributed by atoms with van der Waals surface area (Å²) >= 11 is 0. The molecule has 2 aromatic carbocycles. The third-order valence-electron chi connectivity index (χ3n) is 3.08. The van der Waals surface area contributed by atoms with E-state index < -0.39 is 0 Å². The van der Waals surface area contributed by atoms with E-state index in [0.717, 1.165) is 5.75 Å². The Bertz CT molecular complexity index is 608. The first-order valence-corrected chi connectivity index (χ1v) is 7.40. The summed E-state index contributed by atoms with van der Waals surface area (Å²) in [6, 6.07) is 15.2. The monoisotopic (exact) mass is 299 g/mol. The largest absolute Gasteiger partial charge is 0.493 e. The molecule has 0 atom stereocenters. The molecule has 0 unspecified atom stereocenters. The lowest BCUT2D eigenvalue weighted by molar-refractivity contribution is -0.116. The van der Waals surface area contributed by atoms with E-state index in [1.807, 2.05) is 62.4 Å². The van der Waals surface area contributed by atoms with Crippen molar-refractivity contribution in [1.29, 1.82) is 0 Å². The van der Waals surface area contributed by atoms with Gasteiger partial charge in [0.1, 0.15) is 11.5 Å². The number of carbonyl (C=O) groups excluding carboxylic acids is 1. The number of amides is 1. The van der Waals surface area contributed by atoms with Gasteiger partial charge < -0.3 is 14.8 Å². The number of aryl methyl sites for hydroxylation is 1. The van der Waals surface area contributed by atoms with E-state index in [2.05, 4.69) is 5.32 Å². The van der Waals surface area contributed by atoms with Gasteiger partial charge in [-0.05, 0) is 38.1 Å². The topological polar surface area (TPSA) is 47.6 Å². The first-order chi connectivity index (χ1) is 10.7. The second-order valence-corrected chi connectivity index (χ2v) is 4.89. The first-order valence-electron chi connectivity index (χ1n) is 7.40. The zero-order valence-electron chi connectivity index (χ0n) is 13.0. The van der Waals surface area contributed by atoms with Gasteiger partial charge in [0.25, 0.3) is 0 Å². The summed E-state index contributed by atoms with van der Waals surface area (Å²) in [7, 11) is 0. The van der Waals surface area contributed by atoms with Crippen molar-refractivity contribution >= 4 is 11.6 Å². The number of benzene rings is 2. The maximum Gasteiger partial charge on any atom is 0.227 e. The number of hydrogen-bond acceptors (Lipinski definition) is 3. The quantitative estimate of drug-likeness (QED) is 0.846. The van der Waals surface area contributed by atoms with Crippen LogP contribution in [-0.2, 0) is 4.79 Å². The van der Waals surface area contributed by atoms with Crippen LogP contribution < -0.4 is 14.8 Å². The molecular formula is C18H21NO3. The standard InChI is InChI=1S/C18H21NO3/c1-3-21-17-7-5-4-6-16(17)19-18(20)12-13-22-15-10-8-14(2)9-11-15/h4-11H,3,12-13H2,1-2H3,(H,19,20). The van der Waals surface area contributed by atoms with Crippen LogP contribution in [0.1, 0.15) is 18.9 Å². The van der Waals surface area contributed by atoms with Gasteiger partial charge in [0.05, 0.1) is 25.3 Å². The van der Waals surface area contributed by atoms with Crippen LogP contribution in [0.3, 0.4) is 0 Å². The fourth-order valence-corrected chi connectivity index (χ4v) is 1.96. The van der Waals surface area contributed by atoms with Gasteiger partial charge in [0.15, 0.2) is 0 Å². The minimum Gasteiger partial charge on any atom is -0.493 e. The van der Waals surface area contributed by atoms with Gasteiger partial charge >= 0.3 is 0 Å². The zero-order chi connectivity index (χ0) is 15.8. The van der Waals surface area contributed by atoms with Gasteiger partial charge in [-0.3, -0.25) is 4.79 Å². The van der Waals surface area contributed by atoms with Crippen molar-refractivity contribution in [2.75, 3.05) is 18.5 Å². The van der Waals surface area contributed by atoms with Crippen LogP contribution in [0.4, 0.5) is 5.69 Å². The van der Waals surface area contributed by atoms with Gasteiger partial charge in [0, 0.05) is 0 Å². The van der Waals surface area contributed by atoms with Crippen LogP contribution in [-0.4, -0.2) is 19.1 Å². The normalized spacial score (nSPS) is 10.1. The molecule has 0 saturated carbocycles. The van der Waals surface area contributed by atoms with Gasteiger partial charge in [0.2, 0.25) is 5.91 Å². The summed E-state index contributed by atoms with van der Waals surface area (Å²) in [5.41, 5.74) is 1.86. The van der Waals surface area contributed by atoms with Crippen LogP contribution >= 0.6 is 0 Å². The SMILES string of the molecule is CCOc1ccccc1NC(=O)CCOc1ccc(C)cc1. The maximum atomic E-state index is 12.0. The lowest BCUT2D eigenvalue weighted by atomic mass is 10.2. The van der Waals surface area contributed by atoms with Crippen molar-refractivity contribution < 1.29 is 14.3 Å². The molecule has 2 rings (SSSR count). The third-order valence-corrected chi connectivity index (χ3v) is 3.08. The smallest absolute Gasteiger partial charge is 0.227 e. The Morgan fingerprint density at radius 2 is 1.77 bits per heavy atom. The lowest BCUT2D eigenvalue weighted by Gasteiger charge is -2.11. The summed E-state index contributed by atoms with van der Waals surface area (Å²) in [6.07, 6.45) is 0.286. The minimum atomic E-state index is -0.0979. The Balaban J connectivity index is 1.82. The van der Waals surface area contributed by atoms with E-state index in [9.17, 15) is 4.79 Å². The van der Waals surface area contributed by atoms with Crippen LogP contribution in [0.15, 0.2) is 48.5 Å². The van der Waals surface area contributed by atoms with Crippen molar-refractivity contribution in [2.45, 2.75) is 20.3 Å². The second kappa shape index (κ2) is 8.08. The minimum absolute atomic E-state index is 0.0979. The summed E-state index contributed by atoms with van der Waals surface area (Å²) in [5.74, 6) is 1.35. The Morgan fingerprint density at radius 3 is 2.50 bits per heavy atom. The zero-order valence-corrected chi connectivity index (χ0v) is 13.0. The Morgan fingerprint density at radius 1 is 1.05 bits per heavy atom. The maximum absolute atomic E-state index is 12.0. The highest BCUT2D eigenvalue weighted by atomic mass is 16.5. The Kier molecular flexibility index (Phi) is 5.83. The molecule has 4 nitrogen and oxygen atoms in total. The molecular weight excluding hydrogens is 278 g/mol. The fourth-order valence-electron chi connectivity index (χ4n) is 1.96. The molecule has 2 aromatic rings. The molecule has 0 spiro atoms. The summed E-state index contributed by atoms with van der Waals surface area (Å²) in [6.45, 7) is 4.83. The molecule has 1 N–H and O–H groups in total. The summed E-state index contributed by atoms with van der Waals surface area (Å²) in [4.78, 5) is 12.0. The molecule has 0 aromatic heterocycles. The highest BCUT2D eigenvalue weighted by Gasteiger charge is 2.07. The number of anilines is 1. The average Bonchev–Trinajstić information content (AvgIpc) is 2.51. The second-order valence-electron chi connectivity index (χ2n) is 4.89. The number of rotatable bonds is 7. The third kappa shape index (κ3) is 4.81. The molecule has 4 heteroatoms. The average molecular weight is 299 g/mol. The van der Waals surface area contributed by atoms with Crippen LogP contribution in [0.5, 0.6) is 11.5 Å². The van der Waals surface area contributed by atoms with Crippen LogP contribution in [0, 0.1) is 6.92 Å². The summed E-state index contributed by atoms with van der Waals surface area (Å²) < 4.78 is 11.0. The molecule has 0 radical (unpaired) electrons. The first kappa shape index (κ1) is 15.9. The van der Waals surface area contributed by atoms with Crippen molar-refractivity contribution in [3.05, 3.63) is 54.1 Å². The molecule has 22 heavy (non-hydrogen) atoms. The van der Waals surface area contributed by atoms with Gasteiger partial charge in [-0.2, -0.15) is 0 Å². The number of nitrogens with one attached hydrogen (secondary N) is 1. The van der Waals surface area contributed by atoms with E-state index in [1.165, 1.54) is 5.56 Å². The fraction of sp³-hybridized carbons (Fsp3) is 0.278. The van der Waals surface area contributed by atoms with Gasteiger partial charge in [-0.25, -0.2) is 0 Å². The van der Waals surface area contributed by atoms with Crippen molar-refractivity contribution in [2.24, 2.45) is 0 Å². The predicted octanol–water partition coefficient (Wildman–Crippen LogP) is 3.80. The van der Waals surface area contributed by atoms with E-state index in [4.69, 9.17) is 9.47 Å². The highest BCUT2D eigenvalue weighted by molar-refractivity contribution is 5.92. The van der Waals surface area contributed by atoms with Gasteiger partial charge in [-0.1, -0.05) is 29.8 Å². The highest BCUT2D eigenvalue weighted by Crippen LogP contribution is 2.23. The molecule has 0 bridgehead atoms. The van der Waals surface area contributed by atoms with E-state index in [1.54, 1.807) is 0 Å². The van der Waals surface area contributed by atoms with Crippen molar-refractivity contribution in [1.82, 2.24) is 0 Å². The Labute approximate surface area is 131 Å². The number of para-hydroxylation sites is 2. The molecule has 116 valence electrons. The van der Waals surface area contributed by atoms with E-state index in [0.29, 0.717) is 24.7 Å². The molecule has 0 aliphatic rings. The number of hydrogen-bond donors (Lipinski definition) is 1.